The van der Waals surface area contributed by atoms with Crippen molar-refractivity contribution in [2.75, 3.05) is 13.1 Å². The van der Waals surface area contributed by atoms with Crippen LogP contribution in [0, 0.1) is 16.7 Å². The number of nitrogens with two attached hydrogens (primary N) is 1. The summed E-state index contributed by atoms with van der Waals surface area (Å²) < 4.78 is 0. The van der Waals surface area contributed by atoms with E-state index in [4.69, 9.17) is 5.73 Å². The minimum absolute atomic E-state index is 0.103. The first kappa shape index (κ1) is 18.0. The molecule has 0 heterocycles. The molecule has 4 N–H and O–H groups in total. The first-order chi connectivity index (χ1) is 9.85. The number of amides is 1. The average molecular weight is 298 g/mol. The van der Waals surface area contributed by atoms with Crippen molar-refractivity contribution < 1.29 is 14.7 Å². The summed E-state index contributed by atoms with van der Waals surface area (Å²) in [6, 6.07) is 0. The van der Waals surface area contributed by atoms with Crippen LogP contribution in [0.15, 0.2) is 0 Å². The second kappa shape index (κ2) is 7.25. The van der Waals surface area contributed by atoms with E-state index in [1.165, 1.54) is 0 Å². The van der Waals surface area contributed by atoms with Crippen molar-refractivity contribution in [1.82, 2.24) is 5.32 Å². The van der Waals surface area contributed by atoms with E-state index >= 15 is 0 Å². The molecule has 1 aliphatic rings. The van der Waals surface area contributed by atoms with Gasteiger partial charge in [-0.05, 0) is 44.4 Å². The zero-order valence-electron chi connectivity index (χ0n) is 13.6. The minimum atomic E-state index is -0.802. The summed E-state index contributed by atoms with van der Waals surface area (Å²) in [5.41, 5.74) is 4.40. The first-order valence-corrected chi connectivity index (χ1v) is 8.07. The van der Waals surface area contributed by atoms with E-state index in [1.54, 1.807) is 0 Å². The largest absolute Gasteiger partial charge is 0.481 e. The standard InChI is InChI=1S/C16H30N2O3/c1-4-15(5-2,10-17)13(19)18-11-16(14(20)21)8-6-12(3)7-9-16/h12H,4-11,17H2,1-3H3,(H,18,19)(H,20,21). The molecule has 122 valence electrons. The lowest BCUT2D eigenvalue weighted by Crippen LogP contribution is -2.51. The van der Waals surface area contributed by atoms with Crippen LogP contribution in [0.5, 0.6) is 0 Å². The SMILES string of the molecule is CCC(CC)(CN)C(=O)NCC1(C(=O)O)CCC(C)CC1. The third-order valence-corrected chi connectivity index (χ3v) is 5.50. The molecule has 0 aromatic carbocycles. The Labute approximate surface area is 127 Å². The molecule has 1 rings (SSSR count). The third-order valence-electron chi connectivity index (χ3n) is 5.50. The van der Waals surface area contributed by atoms with E-state index in [0.29, 0.717) is 38.1 Å². The van der Waals surface area contributed by atoms with Gasteiger partial charge in [-0.2, -0.15) is 0 Å². The maximum atomic E-state index is 12.4. The summed E-state index contributed by atoms with van der Waals surface area (Å²) in [4.78, 5) is 24.1. The van der Waals surface area contributed by atoms with Crippen molar-refractivity contribution in [3.63, 3.8) is 0 Å². The Kier molecular flexibility index (Phi) is 6.20. The summed E-state index contributed by atoms with van der Waals surface area (Å²) in [5, 5.41) is 12.5. The molecule has 1 aliphatic carbocycles. The molecule has 5 heteroatoms. The molecular weight excluding hydrogens is 268 g/mol. The van der Waals surface area contributed by atoms with E-state index in [0.717, 1.165) is 12.8 Å². The molecule has 1 saturated carbocycles. The van der Waals surface area contributed by atoms with Crippen molar-refractivity contribution >= 4 is 11.9 Å². The number of carbonyl (C=O) groups excluding carboxylic acids is 1. The van der Waals surface area contributed by atoms with E-state index in [1.807, 2.05) is 13.8 Å². The quantitative estimate of drug-likeness (QED) is 0.671. The van der Waals surface area contributed by atoms with Gasteiger partial charge in [0.15, 0.2) is 0 Å². The van der Waals surface area contributed by atoms with Gasteiger partial charge in [0.1, 0.15) is 0 Å². The number of hydrogen-bond donors (Lipinski definition) is 3. The van der Waals surface area contributed by atoms with Gasteiger partial charge in [-0.25, -0.2) is 0 Å². The molecule has 0 spiro atoms. The highest BCUT2D eigenvalue weighted by Crippen LogP contribution is 2.39. The second-order valence-corrected chi connectivity index (χ2v) is 6.64. The highest BCUT2D eigenvalue weighted by Gasteiger charge is 2.43. The Morgan fingerprint density at radius 1 is 1.29 bits per heavy atom. The molecular formula is C16H30N2O3. The zero-order chi connectivity index (χ0) is 16.1. The first-order valence-electron chi connectivity index (χ1n) is 8.07. The van der Waals surface area contributed by atoms with Gasteiger partial charge < -0.3 is 16.2 Å². The smallest absolute Gasteiger partial charge is 0.311 e. The number of carbonyl (C=O) groups is 2. The van der Waals surface area contributed by atoms with Crippen LogP contribution >= 0.6 is 0 Å². The fourth-order valence-electron chi connectivity index (χ4n) is 3.17. The Morgan fingerprint density at radius 2 is 1.81 bits per heavy atom. The topological polar surface area (TPSA) is 92.4 Å². The highest BCUT2D eigenvalue weighted by atomic mass is 16.4. The van der Waals surface area contributed by atoms with Crippen LogP contribution in [0.25, 0.3) is 0 Å². The molecule has 0 unspecified atom stereocenters. The van der Waals surface area contributed by atoms with Crippen molar-refractivity contribution in [2.24, 2.45) is 22.5 Å². The fraction of sp³-hybridized carbons (Fsp3) is 0.875. The lowest BCUT2D eigenvalue weighted by molar-refractivity contribution is -0.151. The van der Waals surface area contributed by atoms with Crippen molar-refractivity contribution in [2.45, 2.75) is 59.3 Å². The molecule has 1 amide bonds. The second-order valence-electron chi connectivity index (χ2n) is 6.64. The van der Waals surface area contributed by atoms with Gasteiger partial charge in [0, 0.05) is 13.1 Å². The predicted octanol–water partition coefficient (Wildman–Crippen LogP) is 2.15. The summed E-state index contributed by atoms with van der Waals surface area (Å²) in [5.74, 6) is -0.321. The van der Waals surface area contributed by atoms with Gasteiger partial charge in [-0.1, -0.05) is 20.8 Å². The molecule has 5 nitrogen and oxygen atoms in total. The number of hydrogen-bond acceptors (Lipinski definition) is 3. The lowest BCUT2D eigenvalue weighted by Gasteiger charge is -2.37. The highest BCUT2D eigenvalue weighted by molar-refractivity contribution is 5.84. The lowest BCUT2D eigenvalue weighted by atomic mass is 9.70. The van der Waals surface area contributed by atoms with Gasteiger partial charge in [0.2, 0.25) is 5.91 Å². The molecule has 0 bridgehead atoms. The van der Waals surface area contributed by atoms with Gasteiger partial charge in [0.25, 0.3) is 0 Å². The Morgan fingerprint density at radius 3 is 2.19 bits per heavy atom. The van der Waals surface area contributed by atoms with Crippen LogP contribution in [0.2, 0.25) is 0 Å². The maximum absolute atomic E-state index is 12.4. The van der Waals surface area contributed by atoms with Crippen molar-refractivity contribution in [1.29, 1.82) is 0 Å². The van der Waals surface area contributed by atoms with Gasteiger partial charge in [-0.15, -0.1) is 0 Å². The maximum Gasteiger partial charge on any atom is 0.311 e. The molecule has 1 fully saturated rings. The summed E-state index contributed by atoms with van der Waals surface area (Å²) >= 11 is 0. The number of carboxylic acids is 1. The van der Waals surface area contributed by atoms with Crippen molar-refractivity contribution in [3.8, 4) is 0 Å². The molecule has 0 aliphatic heterocycles. The van der Waals surface area contributed by atoms with Crippen LogP contribution in [-0.2, 0) is 9.59 Å². The summed E-state index contributed by atoms with van der Waals surface area (Å²) in [7, 11) is 0. The third kappa shape index (κ3) is 3.76. The van der Waals surface area contributed by atoms with Gasteiger partial charge in [0.05, 0.1) is 10.8 Å². The molecule has 0 atom stereocenters. The summed E-state index contributed by atoms with van der Waals surface area (Å²) in [6.07, 6.45) is 4.43. The number of rotatable bonds is 7. The minimum Gasteiger partial charge on any atom is -0.481 e. The fourth-order valence-corrected chi connectivity index (χ4v) is 3.17. The average Bonchev–Trinajstić information content (AvgIpc) is 2.49. The molecule has 0 aromatic heterocycles. The number of carboxylic acid groups (broad SMARTS) is 1. The normalized spacial score (nSPS) is 26.4. The molecule has 0 aromatic rings. The van der Waals surface area contributed by atoms with Crippen LogP contribution in [0.3, 0.4) is 0 Å². The molecule has 21 heavy (non-hydrogen) atoms. The number of nitrogens with one attached hydrogen (secondary N) is 1. The van der Waals surface area contributed by atoms with Gasteiger partial charge >= 0.3 is 5.97 Å². The van der Waals surface area contributed by atoms with E-state index in [9.17, 15) is 14.7 Å². The van der Waals surface area contributed by atoms with E-state index < -0.39 is 16.8 Å². The monoisotopic (exact) mass is 298 g/mol. The zero-order valence-corrected chi connectivity index (χ0v) is 13.6. The van der Waals surface area contributed by atoms with Crippen LogP contribution in [0.4, 0.5) is 0 Å². The number of aliphatic carboxylic acids is 1. The molecule has 0 saturated heterocycles. The summed E-state index contributed by atoms with van der Waals surface area (Å²) in [6.45, 7) is 6.56. The van der Waals surface area contributed by atoms with Crippen LogP contribution < -0.4 is 11.1 Å². The van der Waals surface area contributed by atoms with E-state index in [-0.39, 0.29) is 12.5 Å². The molecule has 0 radical (unpaired) electrons. The van der Waals surface area contributed by atoms with Crippen LogP contribution in [0.1, 0.15) is 59.3 Å². The van der Waals surface area contributed by atoms with Crippen LogP contribution in [-0.4, -0.2) is 30.1 Å². The Balaban J connectivity index is 2.74. The Hall–Kier alpha value is -1.10. The predicted molar refractivity (Wildman–Crippen MR) is 82.8 cm³/mol. The van der Waals surface area contributed by atoms with Gasteiger partial charge in [-0.3, -0.25) is 9.59 Å². The van der Waals surface area contributed by atoms with E-state index in [2.05, 4.69) is 12.2 Å². The Bertz CT molecular complexity index is 361. The van der Waals surface area contributed by atoms with Crippen molar-refractivity contribution in [3.05, 3.63) is 0 Å².